The highest BCUT2D eigenvalue weighted by molar-refractivity contribution is 6.35. The Morgan fingerprint density at radius 2 is 1.70 bits per heavy atom. The molecule has 1 amide bonds. The molecule has 0 N–H and O–H groups in total. The number of rotatable bonds is 8. The molecular weight excluding hydrogens is 709 g/mol. The summed E-state index contributed by atoms with van der Waals surface area (Å²) in [6, 6.07) is 13.9. The highest BCUT2D eigenvalue weighted by Gasteiger charge is 2.37. The first-order valence-corrected chi connectivity index (χ1v) is 18.6. The molecule has 5 heterocycles. The zero-order chi connectivity index (χ0) is 37.5. The van der Waals surface area contributed by atoms with Crippen LogP contribution in [0.5, 0.6) is 5.75 Å². The highest BCUT2D eigenvalue weighted by atomic mass is 35.5. The summed E-state index contributed by atoms with van der Waals surface area (Å²) in [7, 11) is 3.95. The van der Waals surface area contributed by atoms with Crippen LogP contribution in [0.25, 0.3) is 44.4 Å². The second-order valence-electron chi connectivity index (χ2n) is 14.3. The van der Waals surface area contributed by atoms with Crippen LogP contribution in [-0.4, -0.2) is 48.2 Å². The van der Waals surface area contributed by atoms with E-state index in [-0.39, 0.29) is 11.9 Å². The zero-order valence-corrected chi connectivity index (χ0v) is 32.6. The lowest BCUT2D eigenvalue weighted by atomic mass is 9.98. The number of carbonyl (C=O) groups excluding carboxylic acids is 1. The Balaban J connectivity index is 1.26. The van der Waals surface area contributed by atoms with Crippen molar-refractivity contribution in [2.24, 2.45) is 14.1 Å². The van der Waals surface area contributed by atoms with E-state index in [0.717, 1.165) is 83.0 Å². The number of carbonyl (C=O) groups is 1. The third-order valence-electron chi connectivity index (χ3n) is 10.6. The fourth-order valence-electron chi connectivity index (χ4n) is 8.07. The van der Waals surface area contributed by atoms with E-state index in [4.69, 9.17) is 37.5 Å². The molecule has 12 heteroatoms. The molecule has 0 aliphatic carbocycles. The Morgan fingerprint density at radius 3 is 2.38 bits per heavy atom. The molecule has 0 saturated carbocycles. The van der Waals surface area contributed by atoms with Gasteiger partial charge in [-0.3, -0.25) is 9.48 Å². The number of amides is 1. The van der Waals surface area contributed by atoms with Crippen LogP contribution in [-0.2, 0) is 20.5 Å². The molecule has 1 unspecified atom stereocenters. The lowest BCUT2D eigenvalue weighted by Gasteiger charge is -2.34. The van der Waals surface area contributed by atoms with Crippen molar-refractivity contribution in [1.29, 1.82) is 0 Å². The van der Waals surface area contributed by atoms with Gasteiger partial charge in [-0.25, -0.2) is 0 Å². The normalized spacial score (nSPS) is 14.6. The molecule has 53 heavy (non-hydrogen) atoms. The second-order valence-corrected chi connectivity index (χ2v) is 15.0. The van der Waals surface area contributed by atoms with Gasteiger partial charge in [0, 0.05) is 83.5 Å². The first-order chi connectivity index (χ1) is 25.3. The van der Waals surface area contributed by atoms with Gasteiger partial charge in [0.05, 0.1) is 28.5 Å². The van der Waals surface area contributed by atoms with Crippen LogP contribution in [0.15, 0.2) is 53.1 Å². The average molecular weight is 751 g/mol. The van der Waals surface area contributed by atoms with Crippen molar-refractivity contribution in [2.75, 3.05) is 18.1 Å². The lowest BCUT2D eigenvalue weighted by Crippen LogP contribution is -2.42. The van der Waals surface area contributed by atoms with E-state index in [1.54, 1.807) is 6.92 Å². The molecule has 0 fully saturated rings. The molecule has 0 radical (unpaired) electrons. The van der Waals surface area contributed by atoms with Gasteiger partial charge in [0.15, 0.2) is 0 Å². The van der Waals surface area contributed by atoms with Crippen molar-refractivity contribution in [3.63, 3.8) is 0 Å². The van der Waals surface area contributed by atoms with E-state index >= 15 is 4.79 Å². The first-order valence-electron chi connectivity index (χ1n) is 17.8. The number of hydrogen-bond acceptors (Lipinski definition) is 6. The van der Waals surface area contributed by atoms with Gasteiger partial charge in [0.25, 0.3) is 5.91 Å². The number of aromatic nitrogens is 6. The monoisotopic (exact) mass is 749 g/mol. The number of halogens is 2. The van der Waals surface area contributed by atoms with Crippen molar-refractivity contribution < 1.29 is 13.9 Å². The van der Waals surface area contributed by atoms with Crippen molar-refractivity contribution >= 4 is 56.6 Å². The van der Waals surface area contributed by atoms with Gasteiger partial charge >= 0.3 is 0 Å². The fraction of sp³-hybridized carbons (Fsp3) is 0.317. The molecule has 272 valence electrons. The molecule has 1 aliphatic rings. The smallest absolute Gasteiger partial charge is 0.275 e. The fourth-order valence-corrected chi connectivity index (χ4v) is 8.43. The zero-order valence-electron chi connectivity index (χ0n) is 31.1. The van der Waals surface area contributed by atoms with Crippen LogP contribution in [0.3, 0.4) is 0 Å². The summed E-state index contributed by atoms with van der Waals surface area (Å²) >= 11 is 13.5. The molecule has 3 aromatic carbocycles. The summed E-state index contributed by atoms with van der Waals surface area (Å²) in [6.45, 7) is 12.9. The number of benzene rings is 3. The number of aryl methyl sites for hydroxylation is 7. The van der Waals surface area contributed by atoms with Crippen LogP contribution in [0.4, 0.5) is 5.69 Å². The molecule has 8 rings (SSSR count). The van der Waals surface area contributed by atoms with Gasteiger partial charge in [-0.2, -0.15) is 5.10 Å². The SMILES string of the molecule is Cc1nnc(-c2ccc3c(c2)c(N2CC(C)n4c(c(CCCOc5cc(C)c(Cl)c(C)c5)c5ccc(Cl)c(-c6c(C)nn(C)c6C)c54)C2=O)cn3C)o1. The summed E-state index contributed by atoms with van der Waals surface area (Å²) in [5.41, 5.74) is 11.0. The summed E-state index contributed by atoms with van der Waals surface area (Å²) in [4.78, 5) is 17.1. The lowest BCUT2D eigenvalue weighted by molar-refractivity contribution is 0.0957. The minimum absolute atomic E-state index is 0.0626. The topological polar surface area (TPSA) is 96.1 Å². The van der Waals surface area contributed by atoms with Crippen LogP contribution in [0.2, 0.25) is 10.0 Å². The van der Waals surface area contributed by atoms with Gasteiger partial charge in [-0.1, -0.05) is 29.3 Å². The quantitative estimate of drug-likeness (QED) is 0.144. The molecule has 1 aliphatic heterocycles. The van der Waals surface area contributed by atoms with Crippen molar-refractivity contribution in [3.8, 4) is 28.3 Å². The van der Waals surface area contributed by atoms with Crippen LogP contribution >= 0.6 is 23.2 Å². The van der Waals surface area contributed by atoms with Crippen molar-refractivity contribution in [2.45, 2.75) is 60.4 Å². The number of ether oxygens (including phenoxy) is 1. The maximum atomic E-state index is 15.2. The number of anilines is 1. The van der Waals surface area contributed by atoms with E-state index in [2.05, 4.69) is 39.2 Å². The van der Waals surface area contributed by atoms with Gasteiger partial charge < -0.3 is 23.2 Å². The number of hydrogen-bond donors (Lipinski definition) is 0. The van der Waals surface area contributed by atoms with Crippen LogP contribution < -0.4 is 9.64 Å². The number of nitrogens with zero attached hydrogens (tertiary/aromatic N) is 7. The Hall–Kier alpha value is -5.06. The Morgan fingerprint density at radius 1 is 0.943 bits per heavy atom. The largest absolute Gasteiger partial charge is 0.494 e. The average Bonchev–Trinajstić information content (AvgIpc) is 3.86. The van der Waals surface area contributed by atoms with E-state index in [0.29, 0.717) is 48.5 Å². The Kier molecular flexibility index (Phi) is 8.65. The molecule has 0 saturated heterocycles. The molecule has 0 spiro atoms. The van der Waals surface area contributed by atoms with Gasteiger partial charge in [0.2, 0.25) is 11.8 Å². The predicted molar refractivity (Wildman–Crippen MR) is 211 cm³/mol. The summed E-state index contributed by atoms with van der Waals surface area (Å²) in [5.74, 6) is 1.66. The van der Waals surface area contributed by atoms with Gasteiger partial charge in [-0.05, 0) is 101 Å². The maximum absolute atomic E-state index is 15.2. The van der Waals surface area contributed by atoms with E-state index < -0.39 is 0 Å². The second kappa shape index (κ2) is 13.1. The standard InChI is InChI=1S/C41H41Cl2N7O3/c1-21-16-28(17-22(2)37(21)43)52-15-9-10-29-30-12-13-32(42)36(35-24(4)46-48(8)25(35)5)38(30)50-23(3)19-49(41(51)39(29)50)34-20-47(7)33-14-11-27(18-31(33)34)40-45-44-26(6)53-40/h11-14,16-18,20,23H,9-10,15,19H2,1-8H3. The van der Waals surface area contributed by atoms with Crippen molar-refractivity contribution in [3.05, 3.63) is 98.4 Å². The third-order valence-corrected chi connectivity index (χ3v) is 11.5. The molecule has 10 nitrogen and oxygen atoms in total. The summed E-state index contributed by atoms with van der Waals surface area (Å²) in [6.07, 6.45) is 3.35. The first kappa shape index (κ1) is 35.0. The van der Waals surface area contributed by atoms with Crippen LogP contribution in [0.1, 0.15) is 63.8 Å². The molecule has 0 bridgehead atoms. The minimum Gasteiger partial charge on any atom is -0.494 e. The van der Waals surface area contributed by atoms with Gasteiger partial charge in [0.1, 0.15) is 11.4 Å². The summed E-state index contributed by atoms with van der Waals surface area (Å²) in [5, 5.41) is 16.3. The number of fused-ring (bicyclic) bond motifs is 4. The molecule has 1 atom stereocenters. The molecule has 7 aromatic rings. The van der Waals surface area contributed by atoms with E-state index in [1.165, 1.54) is 0 Å². The molecule has 4 aromatic heterocycles. The Labute approximate surface area is 317 Å². The Bertz CT molecular complexity index is 2590. The predicted octanol–water partition coefficient (Wildman–Crippen LogP) is 9.67. The van der Waals surface area contributed by atoms with Gasteiger partial charge in [-0.15, -0.1) is 10.2 Å². The van der Waals surface area contributed by atoms with E-state index in [1.807, 2.05) is 87.0 Å². The van der Waals surface area contributed by atoms with Crippen LogP contribution in [0, 0.1) is 34.6 Å². The highest BCUT2D eigenvalue weighted by Crippen LogP contribution is 2.46. The summed E-state index contributed by atoms with van der Waals surface area (Å²) < 4.78 is 18.2. The third kappa shape index (κ3) is 5.70. The van der Waals surface area contributed by atoms with Crippen molar-refractivity contribution in [1.82, 2.24) is 29.1 Å². The maximum Gasteiger partial charge on any atom is 0.275 e. The minimum atomic E-state index is -0.0817. The molecular formula is C41H41Cl2N7O3. The van der Waals surface area contributed by atoms with E-state index in [9.17, 15) is 0 Å².